The van der Waals surface area contributed by atoms with Crippen LogP contribution in [0.25, 0.3) is 0 Å². The van der Waals surface area contributed by atoms with E-state index in [2.05, 4.69) is 59.7 Å². The third-order valence-corrected chi connectivity index (χ3v) is 6.18. The molecule has 3 aromatic rings. The Morgan fingerprint density at radius 2 is 0.710 bits per heavy atom. The largest absolute Gasteiger partial charge is 0.530 e. The smallest absolute Gasteiger partial charge is 0.408 e. The van der Waals surface area contributed by atoms with Crippen molar-refractivity contribution in [1.29, 1.82) is 0 Å². The highest BCUT2D eigenvalue weighted by atomic mass is 31.2. The van der Waals surface area contributed by atoms with Crippen LogP contribution in [0.2, 0.25) is 0 Å². The van der Waals surface area contributed by atoms with Gasteiger partial charge >= 0.3 is 8.60 Å². The Kier molecular flexibility index (Phi) is 7.98. The van der Waals surface area contributed by atoms with E-state index in [9.17, 15) is 0 Å². The van der Waals surface area contributed by atoms with Crippen LogP contribution in [0.4, 0.5) is 0 Å². The van der Waals surface area contributed by atoms with E-state index in [1.54, 1.807) is 0 Å². The van der Waals surface area contributed by atoms with E-state index in [-0.39, 0.29) is 0 Å². The molecule has 0 unspecified atom stereocenters. The zero-order valence-electron chi connectivity index (χ0n) is 19.3. The van der Waals surface area contributed by atoms with Crippen LogP contribution in [0.3, 0.4) is 0 Å². The molecule has 0 aliphatic heterocycles. The van der Waals surface area contributed by atoms with Crippen molar-refractivity contribution >= 4 is 8.60 Å². The van der Waals surface area contributed by atoms with Crippen LogP contribution < -0.4 is 13.6 Å². The van der Waals surface area contributed by atoms with Gasteiger partial charge in [0.25, 0.3) is 0 Å². The number of para-hydroxylation sites is 3. The Morgan fingerprint density at radius 3 is 0.968 bits per heavy atom. The van der Waals surface area contributed by atoms with Crippen molar-refractivity contribution in [2.24, 2.45) is 0 Å². The van der Waals surface area contributed by atoms with Crippen molar-refractivity contribution in [2.75, 3.05) is 0 Å². The van der Waals surface area contributed by atoms with Crippen LogP contribution >= 0.6 is 8.60 Å². The van der Waals surface area contributed by atoms with Gasteiger partial charge in [-0.15, -0.1) is 0 Å². The number of benzene rings is 3. The lowest BCUT2D eigenvalue weighted by atomic mass is 10.0. The highest BCUT2D eigenvalue weighted by molar-refractivity contribution is 7.43. The Bertz CT molecular complexity index is 854. The zero-order valence-corrected chi connectivity index (χ0v) is 20.2. The molecule has 4 heteroatoms. The van der Waals surface area contributed by atoms with Crippen LogP contribution in [0, 0.1) is 0 Å². The molecule has 0 aliphatic rings. The predicted molar refractivity (Wildman–Crippen MR) is 130 cm³/mol. The maximum atomic E-state index is 6.40. The van der Waals surface area contributed by atoms with Crippen LogP contribution in [0.15, 0.2) is 72.8 Å². The first kappa shape index (κ1) is 23.2. The van der Waals surface area contributed by atoms with E-state index >= 15 is 0 Å². The van der Waals surface area contributed by atoms with E-state index in [4.69, 9.17) is 13.6 Å². The van der Waals surface area contributed by atoms with E-state index in [1.165, 1.54) is 0 Å². The van der Waals surface area contributed by atoms with Gasteiger partial charge in [-0.25, -0.2) is 0 Å². The first-order chi connectivity index (χ1) is 14.9. The molecule has 0 spiro atoms. The van der Waals surface area contributed by atoms with Gasteiger partial charge < -0.3 is 13.6 Å². The summed E-state index contributed by atoms with van der Waals surface area (Å²) in [7, 11) is -1.71. The fourth-order valence-electron chi connectivity index (χ4n) is 3.42. The van der Waals surface area contributed by atoms with Crippen molar-refractivity contribution in [2.45, 2.75) is 59.3 Å². The molecule has 0 radical (unpaired) electrons. The van der Waals surface area contributed by atoms with E-state index in [1.807, 2.05) is 54.6 Å². The molecule has 3 nitrogen and oxygen atoms in total. The quantitative estimate of drug-likeness (QED) is 0.314. The maximum Gasteiger partial charge on any atom is 0.530 e. The lowest BCUT2D eigenvalue weighted by Crippen LogP contribution is -2.07. The molecule has 0 atom stereocenters. The molecule has 0 amide bonds. The zero-order chi connectivity index (χ0) is 22.4. The number of hydrogen-bond donors (Lipinski definition) is 0. The monoisotopic (exact) mass is 436 g/mol. The molecule has 0 N–H and O–H groups in total. The Morgan fingerprint density at radius 1 is 0.452 bits per heavy atom. The van der Waals surface area contributed by atoms with Gasteiger partial charge in [0.1, 0.15) is 17.2 Å². The molecule has 0 aliphatic carbocycles. The first-order valence-electron chi connectivity index (χ1n) is 11.0. The van der Waals surface area contributed by atoms with Gasteiger partial charge in [-0.3, -0.25) is 0 Å². The summed E-state index contributed by atoms with van der Waals surface area (Å²) in [6, 6.07) is 24.3. The van der Waals surface area contributed by atoms with Gasteiger partial charge in [-0.1, -0.05) is 96.1 Å². The Balaban J connectivity index is 1.97. The minimum atomic E-state index is -1.71. The fraction of sp³-hybridized carbons (Fsp3) is 0.333. The standard InChI is InChI=1S/C27H33O3P/c1-19(2)22-13-7-10-16-25(22)28-31(29-26-17-11-8-14-23(26)20(3)4)30-27-18-12-9-15-24(27)21(5)6/h7-21H,1-6H3. The van der Waals surface area contributed by atoms with Gasteiger partial charge in [0.2, 0.25) is 0 Å². The van der Waals surface area contributed by atoms with E-state index in [0.29, 0.717) is 17.8 Å². The third-order valence-electron chi connectivity index (χ3n) is 5.14. The molecule has 0 fully saturated rings. The van der Waals surface area contributed by atoms with Crippen molar-refractivity contribution in [3.63, 3.8) is 0 Å². The summed E-state index contributed by atoms with van der Waals surface area (Å²) in [6.45, 7) is 13.0. The molecule has 0 saturated heterocycles. The summed E-state index contributed by atoms with van der Waals surface area (Å²) in [5, 5.41) is 0. The van der Waals surface area contributed by atoms with Crippen LogP contribution in [-0.4, -0.2) is 0 Å². The van der Waals surface area contributed by atoms with Crippen molar-refractivity contribution in [3.8, 4) is 17.2 Å². The first-order valence-corrected chi connectivity index (χ1v) is 12.1. The molecule has 0 aromatic heterocycles. The van der Waals surface area contributed by atoms with Crippen LogP contribution in [0.5, 0.6) is 17.2 Å². The Hall–Kier alpha value is -2.51. The van der Waals surface area contributed by atoms with Crippen LogP contribution in [-0.2, 0) is 0 Å². The second-order valence-corrected chi connectivity index (χ2v) is 9.57. The van der Waals surface area contributed by atoms with Crippen molar-refractivity contribution < 1.29 is 13.6 Å². The van der Waals surface area contributed by atoms with Crippen molar-refractivity contribution in [1.82, 2.24) is 0 Å². The van der Waals surface area contributed by atoms with Crippen LogP contribution in [0.1, 0.15) is 76.0 Å². The normalized spacial score (nSPS) is 11.4. The van der Waals surface area contributed by atoms with Gasteiger partial charge in [-0.2, -0.15) is 0 Å². The SMILES string of the molecule is CC(C)c1ccccc1OP(Oc1ccccc1C(C)C)Oc1ccccc1C(C)C. The number of rotatable bonds is 9. The summed E-state index contributed by atoms with van der Waals surface area (Å²) >= 11 is 0. The average molecular weight is 437 g/mol. The Labute approximate surface area is 188 Å². The second-order valence-electron chi connectivity index (χ2n) is 8.58. The summed E-state index contributed by atoms with van der Waals surface area (Å²) in [5.41, 5.74) is 3.41. The molecule has 164 valence electrons. The third kappa shape index (κ3) is 6.02. The summed E-state index contributed by atoms with van der Waals surface area (Å²) < 4.78 is 19.2. The molecule has 0 heterocycles. The van der Waals surface area contributed by atoms with Gasteiger partial charge in [-0.05, 0) is 52.6 Å². The van der Waals surface area contributed by atoms with Gasteiger partial charge in [0.05, 0.1) is 0 Å². The molecular weight excluding hydrogens is 403 g/mol. The molecule has 3 rings (SSSR count). The lowest BCUT2D eigenvalue weighted by molar-refractivity contribution is 0.381. The summed E-state index contributed by atoms with van der Waals surface area (Å²) in [5.74, 6) is 3.39. The fourth-order valence-corrected chi connectivity index (χ4v) is 4.51. The van der Waals surface area contributed by atoms with Crippen molar-refractivity contribution in [3.05, 3.63) is 89.5 Å². The average Bonchev–Trinajstić information content (AvgIpc) is 2.74. The highest BCUT2D eigenvalue weighted by Crippen LogP contribution is 2.47. The maximum absolute atomic E-state index is 6.40. The summed E-state index contributed by atoms with van der Waals surface area (Å²) in [4.78, 5) is 0. The molecule has 31 heavy (non-hydrogen) atoms. The molecule has 0 bridgehead atoms. The van der Waals surface area contributed by atoms with E-state index < -0.39 is 8.60 Å². The highest BCUT2D eigenvalue weighted by Gasteiger charge is 2.25. The topological polar surface area (TPSA) is 27.7 Å². The molecule has 0 saturated carbocycles. The summed E-state index contributed by atoms with van der Waals surface area (Å²) in [6.07, 6.45) is 0. The minimum Gasteiger partial charge on any atom is -0.408 e. The number of hydrogen-bond acceptors (Lipinski definition) is 3. The molecular formula is C27H33O3P. The van der Waals surface area contributed by atoms with E-state index in [0.717, 1.165) is 33.9 Å². The minimum absolute atomic E-state index is 0.332. The lowest BCUT2D eigenvalue weighted by Gasteiger charge is -2.23. The van der Waals surface area contributed by atoms with Gasteiger partial charge in [0, 0.05) is 0 Å². The van der Waals surface area contributed by atoms with Gasteiger partial charge in [0.15, 0.2) is 0 Å². The predicted octanol–water partition coefficient (Wildman–Crippen LogP) is 8.82. The molecule has 3 aromatic carbocycles. The second kappa shape index (κ2) is 10.7.